The third kappa shape index (κ3) is 28.0. The van der Waals surface area contributed by atoms with E-state index in [1.165, 1.54) is 77.0 Å². The Kier molecular flexibility index (Phi) is 34.0. The number of nitrogens with one attached hydrogen (secondary N) is 1. The summed E-state index contributed by atoms with van der Waals surface area (Å²) in [5.74, 6) is -1.44. The third-order valence-corrected chi connectivity index (χ3v) is 10.5. The van der Waals surface area contributed by atoms with E-state index in [0.29, 0.717) is 13.1 Å². The lowest BCUT2D eigenvalue weighted by molar-refractivity contribution is -0.165. The van der Waals surface area contributed by atoms with Gasteiger partial charge in [-0.1, -0.05) is 128 Å². The largest absolute Gasteiger partial charge is 0.462 e. The molecule has 1 aliphatic heterocycles. The molecule has 0 aromatic rings. The molecule has 5 heteroatoms. The van der Waals surface area contributed by atoms with Crippen molar-refractivity contribution in [1.29, 1.82) is 0 Å². The number of allylic oxidation sites excluding steroid dienone is 8. The molecule has 0 radical (unpaired) electrons. The molecule has 1 aliphatic rings. The Labute approximate surface area is 328 Å². The predicted molar refractivity (Wildman–Crippen MR) is 228 cm³/mol. The molecule has 53 heavy (non-hydrogen) atoms. The number of unbranched alkanes of at least 4 members (excludes halogenated alkanes) is 16. The second kappa shape index (κ2) is 36.8. The average molecular weight is 740 g/mol. The Balaban J connectivity index is 2.78. The van der Waals surface area contributed by atoms with E-state index in [4.69, 9.17) is 9.47 Å². The zero-order valence-electron chi connectivity index (χ0n) is 35.3. The second-order valence-electron chi connectivity index (χ2n) is 15.6. The number of ether oxygens (including phenoxy) is 2. The van der Waals surface area contributed by atoms with Crippen molar-refractivity contribution in [1.82, 2.24) is 5.32 Å². The second-order valence-corrected chi connectivity index (χ2v) is 15.6. The van der Waals surface area contributed by atoms with Crippen LogP contribution >= 0.6 is 0 Å². The van der Waals surface area contributed by atoms with Crippen LogP contribution in [0.25, 0.3) is 0 Å². The van der Waals surface area contributed by atoms with Crippen LogP contribution in [0.1, 0.15) is 207 Å². The van der Waals surface area contributed by atoms with Crippen molar-refractivity contribution in [3.8, 4) is 0 Å². The van der Waals surface area contributed by atoms with Gasteiger partial charge in [0.05, 0.1) is 11.8 Å². The lowest BCUT2D eigenvalue weighted by Crippen LogP contribution is -2.35. The average Bonchev–Trinajstić information content (AvgIpc) is 3.66. The molecule has 2 unspecified atom stereocenters. The van der Waals surface area contributed by atoms with E-state index in [9.17, 15) is 9.59 Å². The van der Waals surface area contributed by atoms with E-state index in [1.54, 1.807) is 0 Å². The Hall–Kier alpha value is -2.14. The number of hydrogen-bond acceptors (Lipinski definition) is 5. The maximum atomic E-state index is 13.7. The molecule has 1 saturated heterocycles. The highest BCUT2D eigenvalue weighted by atomic mass is 16.6. The molecule has 1 N–H and O–H groups in total. The van der Waals surface area contributed by atoms with E-state index in [2.05, 4.69) is 81.6 Å². The molecule has 1 fully saturated rings. The van der Waals surface area contributed by atoms with Crippen LogP contribution in [0.15, 0.2) is 48.6 Å². The van der Waals surface area contributed by atoms with Gasteiger partial charge in [0.1, 0.15) is 12.2 Å². The minimum atomic E-state index is -0.486. The summed E-state index contributed by atoms with van der Waals surface area (Å²) in [6.45, 7) is 9.91. The molecule has 0 saturated carbocycles. The van der Waals surface area contributed by atoms with Gasteiger partial charge in [0, 0.05) is 13.1 Å². The summed E-state index contributed by atoms with van der Waals surface area (Å²) in [6.07, 6.45) is 49.5. The molecule has 0 spiro atoms. The van der Waals surface area contributed by atoms with Crippen LogP contribution in [0.2, 0.25) is 0 Å². The Bertz CT molecular complexity index is 841. The molecular formula is C48H85NO4. The van der Waals surface area contributed by atoms with Gasteiger partial charge in [-0.25, -0.2) is 0 Å². The van der Waals surface area contributed by atoms with Gasteiger partial charge in [-0.3, -0.25) is 9.59 Å². The minimum absolute atomic E-state index is 0.112. The molecule has 1 heterocycles. The standard InChI is InChI=1S/C48H85NO4/c1-5-9-13-17-21-25-29-33-37-43(38-34-30-26-22-18-14-10-6-2)52-47(50)45-41-49-42-46(45)48(51)53-44(39-35-31-27-23-19-15-11-7-3)40-36-32-28-24-20-16-12-8-4/h21-28,43-46,49H,5-20,29-42H2,1-4H3/b25-21-,26-22-,27-23-,28-24-. The predicted octanol–water partition coefficient (Wildman–Crippen LogP) is 13.9. The summed E-state index contributed by atoms with van der Waals surface area (Å²) in [6, 6.07) is 0. The van der Waals surface area contributed by atoms with E-state index >= 15 is 0 Å². The van der Waals surface area contributed by atoms with Crippen molar-refractivity contribution < 1.29 is 19.1 Å². The van der Waals surface area contributed by atoms with Crippen molar-refractivity contribution in [2.24, 2.45) is 11.8 Å². The molecule has 0 amide bonds. The van der Waals surface area contributed by atoms with Crippen LogP contribution in [0, 0.1) is 11.8 Å². The molecule has 0 aliphatic carbocycles. The lowest BCUT2D eigenvalue weighted by atomic mass is 9.95. The smallest absolute Gasteiger partial charge is 0.311 e. The van der Waals surface area contributed by atoms with Crippen molar-refractivity contribution in [3.63, 3.8) is 0 Å². The normalized spacial score (nSPS) is 16.5. The van der Waals surface area contributed by atoms with Gasteiger partial charge in [0.25, 0.3) is 0 Å². The number of esters is 2. The maximum Gasteiger partial charge on any atom is 0.311 e. The number of rotatable bonds is 36. The first-order valence-corrected chi connectivity index (χ1v) is 22.8. The first kappa shape index (κ1) is 48.9. The highest BCUT2D eigenvalue weighted by molar-refractivity contribution is 5.83. The van der Waals surface area contributed by atoms with Gasteiger partial charge < -0.3 is 14.8 Å². The van der Waals surface area contributed by atoms with Crippen LogP contribution in [-0.2, 0) is 19.1 Å². The van der Waals surface area contributed by atoms with Crippen molar-refractivity contribution in [3.05, 3.63) is 48.6 Å². The molecule has 0 bridgehead atoms. The fraction of sp³-hybridized carbons (Fsp3) is 0.792. The number of carbonyl (C=O) groups excluding carboxylic acids is 2. The van der Waals surface area contributed by atoms with E-state index in [0.717, 1.165) is 103 Å². The summed E-state index contributed by atoms with van der Waals surface area (Å²) in [5.41, 5.74) is 0. The SMILES string of the molecule is CCCCC/C=C\CCCC(CCC/C=C\CCCCC)OC(=O)C1CNCC1C(=O)OC(CCC/C=C\CCCCC)CCC/C=C\CCCCC. The van der Waals surface area contributed by atoms with Crippen LogP contribution in [0.5, 0.6) is 0 Å². The van der Waals surface area contributed by atoms with Crippen molar-refractivity contribution in [2.45, 2.75) is 220 Å². The van der Waals surface area contributed by atoms with Gasteiger partial charge in [-0.05, 0) is 128 Å². The Morgan fingerprint density at radius 3 is 0.925 bits per heavy atom. The zero-order chi connectivity index (χ0) is 38.5. The number of carbonyl (C=O) groups is 2. The first-order valence-electron chi connectivity index (χ1n) is 22.8. The van der Waals surface area contributed by atoms with E-state index < -0.39 is 11.8 Å². The summed E-state index contributed by atoms with van der Waals surface area (Å²) in [7, 11) is 0. The summed E-state index contributed by atoms with van der Waals surface area (Å²) in [5, 5.41) is 3.32. The fourth-order valence-corrected chi connectivity index (χ4v) is 7.05. The maximum absolute atomic E-state index is 13.7. The molecule has 0 aromatic heterocycles. The third-order valence-electron chi connectivity index (χ3n) is 10.5. The van der Waals surface area contributed by atoms with Crippen molar-refractivity contribution in [2.75, 3.05) is 13.1 Å². The summed E-state index contributed by atoms with van der Waals surface area (Å²) >= 11 is 0. The van der Waals surface area contributed by atoms with Gasteiger partial charge >= 0.3 is 11.9 Å². The Morgan fingerprint density at radius 2 is 0.679 bits per heavy atom. The topological polar surface area (TPSA) is 64.6 Å². The van der Waals surface area contributed by atoms with Crippen molar-refractivity contribution >= 4 is 11.9 Å². The fourth-order valence-electron chi connectivity index (χ4n) is 7.05. The molecule has 1 rings (SSSR count). The Morgan fingerprint density at radius 1 is 0.434 bits per heavy atom. The van der Waals surface area contributed by atoms with E-state index in [-0.39, 0.29) is 24.1 Å². The quantitative estimate of drug-likeness (QED) is 0.0394. The van der Waals surface area contributed by atoms with Gasteiger partial charge in [-0.2, -0.15) is 0 Å². The monoisotopic (exact) mass is 740 g/mol. The summed E-state index contributed by atoms with van der Waals surface area (Å²) in [4.78, 5) is 27.4. The van der Waals surface area contributed by atoms with Crippen LogP contribution in [0.3, 0.4) is 0 Å². The lowest BCUT2D eigenvalue weighted by Gasteiger charge is -2.24. The molecule has 306 valence electrons. The molecule has 5 nitrogen and oxygen atoms in total. The highest BCUT2D eigenvalue weighted by Gasteiger charge is 2.41. The van der Waals surface area contributed by atoms with Gasteiger partial charge in [0.2, 0.25) is 0 Å². The first-order chi connectivity index (χ1) is 26.1. The molecule has 0 aromatic carbocycles. The van der Waals surface area contributed by atoms with Crippen LogP contribution < -0.4 is 5.32 Å². The van der Waals surface area contributed by atoms with Crippen LogP contribution in [-0.4, -0.2) is 37.2 Å². The summed E-state index contributed by atoms with van der Waals surface area (Å²) < 4.78 is 12.5. The molecular weight excluding hydrogens is 655 g/mol. The highest BCUT2D eigenvalue weighted by Crippen LogP contribution is 2.25. The molecule has 2 atom stereocenters. The zero-order valence-corrected chi connectivity index (χ0v) is 35.3. The van der Waals surface area contributed by atoms with Gasteiger partial charge in [0.15, 0.2) is 0 Å². The van der Waals surface area contributed by atoms with Gasteiger partial charge in [-0.15, -0.1) is 0 Å². The number of hydrogen-bond donors (Lipinski definition) is 1. The van der Waals surface area contributed by atoms with E-state index in [1.807, 2.05) is 0 Å². The van der Waals surface area contributed by atoms with Crippen LogP contribution in [0.4, 0.5) is 0 Å². The minimum Gasteiger partial charge on any atom is -0.462 e.